The van der Waals surface area contributed by atoms with Gasteiger partial charge in [0, 0.05) is 26.3 Å². The van der Waals surface area contributed by atoms with Gasteiger partial charge in [0.25, 0.3) is 0 Å². The second-order valence-electron chi connectivity index (χ2n) is 5.17. The molecule has 1 aromatic rings. The van der Waals surface area contributed by atoms with Crippen LogP contribution in [-0.4, -0.2) is 54.3 Å². The van der Waals surface area contributed by atoms with E-state index in [1.54, 1.807) is 4.90 Å². The highest BCUT2D eigenvalue weighted by Gasteiger charge is 2.37. The van der Waals surface area contributed by atoms with E-state index in [9.17, 15) is 4.79 Å². The number of anilines is 1. The number of hydrogen-bond acceptors (Lipinski definition) is 5. The third-order valence-electron chi connectivity index (χ3n) is 3.89. The number of nitrogens with one attached hydrogen (secondary N) is 1. The van der Waals surface area contributed by atoms with Gasteiger partial charge in [0.05, 0.1) is 19.5 Å². The standard InChI is InChI=1S/C13H18N4O3/c1-19-12-5-14-4-11(15-12)16-13(18)17-6-10(7-17)9-2-3-20-8-9/h4-5,9-10H,2-3,6-8H2,1H3,(H,15,16,18). The molecule has 7 heteroatoms. The molecular weight excluding hydrogens is 260 g/mol. The SMILES string of the molecule is COc1cncc(NC(=O)N2CC(C3CCOC3)C2)n1. The summed E-state index contributed by atoms with van der Waals surface area (Å²) < 4.78 is 10.3. The van der Waals surface area contributed by atoms with Gasteiger partial charge in [-0.05, 0) is 18.3 Å². The highest BCUT2D eigenvalue weighted by molar-refractivity contribution is 5.88. The summed E-state index contributed by atoms with van der Waals surface area (Å²) in [5.74, 6) is 1.96. The molecule has 0 spiro atoms. The molecule has 7 nitrogen and oxygen atoms in total. The van der Waals surface area contributed by atoms with Gasteiger partial charge in [-0.15, -0.1) is 0 Å². The first-order valence-corrected chi connectivity index (χ1v) is 6.76. The van der Waals surface area contributed by atoms with Crippen LogP contribution in [0.3, 0.4) is 0 Å². The number of aromatic nitrogens is 2. The highest BCUT2D eigenvalue weighted by Crippen LogP contribution is 2.30. The van der Waals surface area contributed by atoms with E-state index in [4.69, 9.17) is 9.47 Å². The Morgan fingerprint density at radius 3 is 3.00 bits per heavy atom. The molecule has 3 rings (SSSR count). The van der Waals surface area contributed by atoms with Gasteiger partial charge in [0.15, 0.2) is 5.82 Å². The van der Waals surface area contributed by atoms with Crippen molar-refractivity contribution in [1.82, 2.24) is 14.9 Å². The van der Waals surface area contributed by atoms with Crippen LogP contribution in [-0.2, 0) is 4.74 Å². The lowest BCUT2D eigenvalue weighted by Crippen LogP contribution is -2.54. The van der Waals surface area contributed by atoms with Crippen LogP contribution in [0, 0.1) is 11.8 Å². The number of methoxy groups -OCH3 is 1. The normalized spacial score (nSPS) is 22.4. The molecule has 0 radical (unpaired) electrons. The molecule has 0 saturated carbocycles. The van der Waals surface area contributed by atoms with Gasteiger partial charge in [-0.25, -0.2) is 4.79 Å². The lowest BCUT2D eigenvalue weighted by atomic mass is 9.85. The Labute approximate surface area is 117 Å². The van der Waals surface area contributed by atoms with Crippen LogP contribution in [0.15, 0.2) is 12.4 Å². The summed E-state index contributed by atoms with van der Waals surface area (Å²) in [5, 5.41) is 2.73. The molecule has 1 atom stereocenters. The van der Waals surface area contributed by atoms with Crippen molar-refractivity contribution in [2.75, 3.05) is 38.7 Å². The maximum Gasteiger partial charge on any atom is 0.323 e. The summed E-state index contributed by atoms with van der Waals surface area (Å²) >= 11 is 0. The van der Waals surface area contributed by atoms with E-state index in [0.29, 0.717) is 23.5 Å². The molecule has 1 N–H and O–H groups in total. The molecular formula is C13H18N4O3. The van der Waals surface area contributed by atoms with Crippen LogP contribution in [0.25, 0.3) is 0 Å². The predicted molar refractivity (Wildman–Crippen MR) is 71.6 cm³/mol. The number of hydrogen-bond donors (Lipinski definition) is 1. The van der Waals surface area contributed by atoms with Crippen molar-refractivity contribution < 1.29 is 14.3 Å². The number of nitrogens with zero attached hydrogens (tertiary/aromatic N) is 3. The number of carbonyl (C=O) groups is 1. The van der Waals surface area contributed by atoms with E-state index in [0.717, 1.165) is 32.7 Å². The zero-order chi connectivity index (χ0) is 13.9. The van der Waals surface area contributed by atoms with Crippen molar-refractivity contribution in [2.24, 2.45) is 11.8 Å². The molecule has 1 aromatic heterocycles. The lowest BCUT2D eigenvalue weighted by molar-refractivity contribution is 0.0806. The molecule has 108 valence electrons. The summed E-state index contributed by atoms with van der Waals surface area (Å²) in [4.78, 5) is 21.9. The monoisotopic (exact) mass is 278 g/mol. The molecule has 0 aromatic carbocycles. The Morgan fingerprint density at radius 1 is 1.45 bits per heavy atom. The minimum absolute atomic E-state index is 0.136. The molecule has 1 unspecified atom stereocenters. The number of likely N-dealkylation sites (tertiary alicyclic amines) is 1. The predicted octanol–water partition coefficient (Wildman–Crippen LogP) is 0.985. The zero-order valence-corrected chi connectivity index (χ0v) is 11.4. The van der Waals surface area contributed by atoms with Gasteiger partial charge in [-0.1, -0.05) is 0 Å². The summed E-state index contributed by atoms with van der Waals surface area (Å²) in [6.45, 7) is 3.27. The van der Waals surface area contributed by atoms with Crippen LogP contribution >= 0.6 is 0 Å². The topological polar surface area (TPSA) is 76.6 Å². The van der Waals surface area contributed by atoms with E-state index in [-0.39, 0.29) is 6.03 Å². The number of amides is 2. The van der Waals surface area contributed by atoms with Crippen molar-refractivity contribution in [1.29, 1.82) is 0 Å². The fourth-order valence-electron chi connectivity index (χ4n) is 2.60. The number of rotatable bonds is 3. The maximum absolute atomic E-state index is 12.0. The van der Waals surface area contributed by atoms with Gasteiger partial charge in [-0.2, -0.15) is 4.98 Å². The van der Waals surface area contributed by atoms with Crippen molar-refractivity contribution in [3.05, 3.63) is 12.4 Å². The Bertz CT molecular complexity index is 484. The highest BCUT2D eigenvalue weighted by atomic mass is 16.5. The van der Waals surface area contributed by atoms with Crippen LogP contribution in [0.2, 0.25) is 0 Å². The fraction of sp³-hybridized carbons (Fsp3) is 0.615. The molecule has 20 heavy (non-hydrogen) atoms. The summed E-state index contributed by atoms with van der Waals surface area (Å²) in [7, 11) is 1.51. The molecule has 2 amide bonds. The molecule has 0 aliphatic carbocycles. The maximum atomic E-state index is 12.0. The first kappa shape index (κ1) is 13.1. The number of ether oxygens (including phenoxy) is 2. The van der Waals surface area contributed by atoms with E-state index in [1.165, 1.54) is 19.5 Å². The van der Waals surface area contributed by atoms with Crippen molar-refractivity contribution in [2.45, 2.75) is 6.42 Å². The van der Waals surface area contributed by atoms with Crippen molar-refractivity contribution in [3.63, 3.8) is 0 Å². The van der Waals surface area contributed by atoms with Gasteiger partial charge in [0.1, 0.15) is 0 Å². The van der Waals surface area contributed by atoms with Gasteiger partial charge in [0.2, 0.25) is 5.88 Å². The Hall–Kier alpha value is -1.89. The Morgan fingerprint density at radius 2 is 2.30 bits per heavy atom. The van der Waals surface area contributed by atoms with Crippen LogP contribution in [0.5, 0.6) is 5.88 Å². The molecule has 2 aliphatic rings. The van der Waals surface area contributed by atoms with E-state index < -0.39 is 0 Å². The van der Waals surface area contributed by atoms with Crippen molar-refractivity contribution >= 4 is 11.8 Å². The summed E-state index contributed by atoms with van der Waals surface area (Å²) in [6.07, 6.45) is 4.11. The van der Waals surface area contributed by atoms with Gasteiger partial charge in [-0.3, -0.25) is 10.3 Å². The summed E-state index contributed by atoms with van der Waals surface area (Å²) in [5.41, 5.74) is 0. The molecule has 3 heterocycles. The van der Waals surface area contributed by atoms with Crippen molar-refractivity contribution in [3.8, 4) is 5.88 Å². The second-order valence-corrected chi connectivity index (χ2v) is 5.17. The third kappa shape index (κ3) is 2.67. The minimum Gasteiger partial charge on any atom is -0.480 e. The second kappa shape index (κ2) is 5.62. The average Bonchev–Trinajstić information content (AvgIpc) is 2.91. The molecule has 2 fully saturated rings. The quantitative estimate of drug-likeness (QED) is 0.892. The van der Waals surface area contributed by atoms with Gasteiger partial charge >= 0.3 is 6.03 Å². The largest absolute Gasteiger partial charge is 0.480 e. The number of carbonyl (C=O) groups excluding carboxylic acids is 1. The average molecular weight is 278 g/mol. The molecule has 0 bridgehead atoms. The third-order valence-corrected chi connectivity index (χ3v) is 3.89. The minimum atomic E-state index is -0.136. The Kier molecular flexibility index (Phi) is 3.68. The molecule has 2 saturated heterocycles. The van der Waals surface area contributed by atoms with E-state index in [2.05, 4.69) is 15.3 Å². The zero-order valence-electron chi connectivity index (χ0n) is 11.4. The lowest BCUT2D eigenvalue weighted by Gasteiger charge is -2.41. The summed E-state index contributed by atoms with van der Waals surface area (Å²) in [6, 6.07) is -0.136. The van der Waals surface area contributed by atoms with Gasteiger partial charge < -0.3 is 14.4 Å². The van der Waals surface area contributed by atoms with Crippen LogP contribution in [0.1, 0.15) is 6.42 Å². The number of urea groups is 1. The first-order valence-electron chi connectivity index (χ1n) is 6.76. The fourth-order valence-corrected chi connectivity index (χ4v) is 2.60. The van der Waals surface area contributed by atoms with Crippen LogP contribution in [0.4, 0.5) is 10.6 Å². The first-order chi connectivity index (χ1) is 9.76. The van der Waals surface area contributed by atoms with E-state index >= 15 is 0 Å². The van der Waals surface area contributed by atoms with E-state index in [1.807, 2.05) is 0 Å². The smallest absolute Gasteiger partial charge is 0.323 e. The Balaban J connectivity index is 1.50. The molecule has 2 aliphatic heterocycles. The van der Waals surface area contributed by atoms with Crippen LogP contribution < -0.4 is 10.1 Å².